The summed E-state index contributed by atoms with van der Waals surface area (Å²) in [4.78, 5) is 0. The van der Waals surface area contributed by atoms with Crippen LogP contribution in [-0.4, -0.2) is 94.9 Å². The van der Waals surface area contributed by atoms with E-state index in [0.29, 0.717) is 24.2 Å². The average Bonchev–Trinajstić information content (AvgIpc) is 3.50. The lowest BCUT2D eigenvalue weighted by Crippen LogP contribution is -2.43. The summed E-state index contributed by atoms with van der Waals surface area (Å²) < 4.78 is 7.88. The third-order valence-corrected chi connectivity index (χ3v) is 29.0. The van der Waals surface area contributed by atoms with Crippen molar-refractivity contribution in [1.29, 1.82) is 0 Å². The van der Waals surface area contributed by atoms with Crippen LogP contribution in [0.2, 0.25) is 0 Å². The molecule has 0 aliphatic rings. The monoisotopic (exact) mass is 1210 g/mol. The van der Waals surface area contributed by atoms with E-state index in [1.807, 2.05) is 0 Å². The molecular weight excluding hydrogens is 1120 g/mol. The Hall–Kier alpha value is -4.06. The van der Waals surface area contributed by atoms with Crippen LogP contribution in [0.15, 0.2) is 243 Å². The first-order chi connectivity index (χ1) is 39.5. The van der Waals surface area contributed by atoms with Crippen LogP contribution in [0.1, 0.15) is 55.4 Å². The minimum absolute atomic E-state index is 0.380. The first-order valence-corrected chi connectivity index (χ1v) is 36.0. The van der Waals surface area contributed by atoms with Crippen molar-refractivity contribution in [2.24, 2.45) is 0 Å². The fourth-order valence-corrected chi connectivity index (χ4v) is 25.2. The van der Waals surface area contributed by atoms with Crippen LogP contribution < -0.4 is 63.0 Å². The molecule has 0 aliphatic carbocycles. The SMILES string of the molecule is CC(C)N(P(NN(C)C)c1ccccc1)P(c1ccccc1)c1ccccc1.CC(C)NP(NC(C)C)N(C(C)C)P(c1ccccc1)c1ccccc1.CN(C)NP(c1ccccc1)N(N(C)C)P(c1ccccc1)c1ccccc1. The Morgan fingerprint density at radius 2 is 0.512 bits per heavy atom. The van der Waals surface area contributed by atoms with Crippen molar-refractivity contribution in [2.45, 2.75) is 79.6 Å². The second-order valence-corrected chi connectivity index (χ2v) is 33.3. The van der Waals surface area contributed by atoms with E-state index < -0.39 is 49.0 Å². The highest BCUT2D eigenvalue weighted by molar-refractivity contribution is 7.81. The fourth-order valence-electron chi connectivity index (χ4n) is 8.68. The summed E-state index contributed by atoms with van der Waals surface area (Å²) in [5, 5.41) is 32.3. The van der Waals surface area contributed by atoms with Gasteiger partial charge in [-0.1, -0.05) is 243 Å². The lowest BCUT2D eigenvalue weighted by atomic mass is 10.4. The smallest absolute Gasteiger partial charge is 0.119 e. The highest BCUT2D eigenvalue weighted by atomic mass is 31.2. The molecule has 0 spiro atoms. The zero-order valence-electron chi connectivity index (χ0n) is 50.8. The van der Waals surface area contributed by atoms with E-state index in [2.05, 4.69) is 389 Å². The second kappa shape index (κ2) is 35.4. The maximum Gasteiger partial charge on any atom is 0.119 e. The molecule has 0 fully saturated rings. The molecule has 2 unspecified atom stereocenters. The molecule has 0 saturated carbocycles. The molecule has 0 bridgehead atoms. The summed E-state index contributed by atoms with van der Waals surface area (Å²) in [7, 11) is 8.25. The zero-order valence-corrected chi connectivity index (χ0v) is 56.1. The third-order valence-electron chi connectivity index (χ3n) is 11.8. The predicted octanol–water partition coefficient (Wildman–Crippen LogP) is 12.9. The van der Waals surface area contributed by atoms with Crippen molar-refractivity contribution >= 4 is 91.5 Å². The lowest BCUT2D eigenvalue weighted by Gasteiger charge is -2.43. The van der Waals surface area contributed by atoms with Crippen LogP contribution in [0.3, 0.4) is 0 Å². The lowest BCUT2D eigenvalue weighted by molar-refractivity contribution is 0.237. The van der Waals surface area contributed by atoms with Crippen LogP contribution in [0.25, 0.3) is 0 Å². The molecular formula is C66H90N10P6. The van der Waals surface area contributed by atoms with Gasteiger partial charge in [-0.25, -0.2) is 34.3 Å². The second-order valence-electron chi connectivity index (χ2n) is 21.1. The summed E-state index contributed by atoms with van der Waals surface area (Å²) in [5.74, 6) is 0. The molecule has 0 aliphatic heterocycles. The van der Waals surface area contributed by atoms with Crippen molar-refractivity contribution in [1.82, 2.24) is 49.0 Å². The molecule has 434 valence electrons. The van der Waals surface area contributed by atoms with Gasteiger partial charge in [-0.3, -0.25) is 10.2 Å². The Bertz CT molecular complexity index is 2650. The number of hydrogen-bond acceptors (Lipinski definition) is 10. The number of rotatable bonds is 25. The number of hydrogen-bond donors (Lipinski definition) is 4. The molecule has 82 heavy (non-hydrogen) atoms. The summed E-state index contributed by atoms with van der Waals surface area (Å²) in [6.07, 6.45) is 0. The van der Waals surface area contributed by atoms with Gasteiger partial charge in [-0.05, 0) is 87.2 Å². The van der Waals surface area contributed by atoms with Gasteiger partial charge in [0.1, 0.15) is 16.6 Å². The van der Waals surface area contributed by atoms with Gasteiger partial charge in [0, 0.05) is 93.2 Å². The van der Waals surface area contributed by atoms with Gasteiger partial charge < -0.3 is 0 Å². The third kappa shape index (κ3) is 20.6. The Morgan fingerprint density at radius 3 is 0.756 bits per heavy atom. The Balaban J connectivity index is 0.000000198. The number of nitrogens with one attached hydrogen (secondary N) is 4. The molecule has 16 heteroatoms. The van der Waals surface area contributed by atoms with Gasteiger partial charge in [0.2, 0.25) is 0 Å². The van der Waals surface area contributed by atoms with E-state index in [1.54, 1.807) is 0 Å². The molecule has 0 radical (unpaired) electrons. The van der Waals surface area contributed by atoms with Gasteiger partial charge in [-0.15, -0.1) is 0 Å². The van der Waals surface area contributed by atoms with Gasteiger partial charge in [0.25, 0.3) is 0 Å². The molecule has 10 nitrogen and oxygen atoms in total. The molecule has 4 N–H and O–H groups in total. The van der Waals surface area contributed by atoms with Crippen LogP contribution >= 0.6 is 49.0 Å². The molecule has 8 aromatic rings. The highest BCUT2D eigenvalue weighted by Crippen LogP contribution is 2.56. The number of benzene rings is 8. The van der Waals surface area contributed by atoms with Gasteiger partial charge in [-0.2, -0.15) is 4.55 Å². The van der Waals surface area contributed by atoms with E-state index in [1.165, 1.54) is 42.4 Å². The van der Waals surface area contributed by atoms with Gasteiger partial charge >= 0.3 is 0 Å². The zero-order chi connectivity index (χ0) is 59.0. The van der Waals surface area contributed by atoms with Crippen LogP contribution in [0.4, 0.5) is 0 Å². The molecule has 0 heterocycles. The molecule has 0 aromatic heterocycles. The topological polar surface area (TPSA) is 67.6 Å². The van der Waals surface area contributed by atoms with E-state index in [0.717, 1.165) is 0 Å². The predicted molar refractivity (Wildman–Crippen MR) is 370 cm³/mol. The number of hydrazine groups is 3. The van der Waals surface area contributed by atoms with Crippen LogP contribution in [-0.2, 0) is 0 Å². The van der Waals surface area contributed by atoms with Gasteiger partial charge in [0.15, 0.2) is 0 Å². The van der Waals surface area contributed by atoms with E-state index in [4.69, 9.17) is 0 Å². The standard InChI is InChI=1S/C23H29N3P2.C22H28N4P2.C21H33N3P2/c1-20(2)26(28(24-25(3)4)23-18-12-7-13-19-23)27(21-14-8-5-9-15-21)22-16-10-6-11-17-22;1-24(2)23-28(22-18-12-7-13-19-22)26(25(3)4)27(20-14-8-5-9-15-20)21-16-10-6-11-17-21;1-17(2)22-26(23-18(3)4)24(19(5)6)25(20-13-9-7-10-14-20)21-15-11-8-12-16-21/h5-20,24H,1-4H3;5-19,23H,1-4H3;7-19,22-23H,1-6H3. The van der Waals surface area contributed by atoms with Crippen LogP contribution in [0.5, 0.6) is 0 Å². The number of nitrogens with zero attached hydrogens (tertiary/aromatic N) is 6. The Kier molecular flexibility index (Phi) is 29.0. The summed E-state index contributed by atoms with van der Waals surface area (Å²) >= 11 is 0. The molecule has 8 aromatic carbocycles. The fraction of sp³-hybridized carbons (Fsp3) is 0.273. The first kappa shape index (κ1) is 67.1. The maximum absolute atomic E-state index is 3.81. The quantitative estimate of drug-likeness (QED) is 0.0329. The largest absolute Gasteiger partial charge is 0.268 e. The van der Waals surface area contributed by atoms with Crippen LogP contribution in [0, 0.1) is 0 Å². The van der Waals surface area contributed by atoms with Crippen molar-refractivity contribution in [2.75, 3.05) is 42.3 Å². The van der Waals surface area contributed by atoms with Crippen molar-refractivity contribution in [3.05, 3.63) is 243 Å². The first-order valence-electron chi connectivity index (χ1n) is 28.2. The highest BCUT2D eigenvalue weighted by Gasteiger charge is 2.36. The molecule has 2 atom stereocenters. The van der Waals surface area contributed by atoms with Crippen molar-refractivity contribution in [3.8, 4) is 0 Å². The van der Waals surface area contributed by atoms with E-state index >= 15 is 0 Å². The average molecular weight is 1210 g/mol. The summed E-state index contributed by atoms with van der Waals surface area (Å²) in [6, 6.07) is 88.6. The minimum atomic E-state index is -0.821. The normalized spacial score (nSPS) is 12.7. The molecule has 0 saturated heterocycles. The summed E-state index contributed by atoms with van der Waals surface area (Å²) in [5.41, 5.74) is 0. The van der Waals surface area contributed by atoms with E-state index in [-0.39, 0.29) is 0 Å². The summed E-state index contributed by atoms with van der Waals surface area (Å²) in [6.45, 7) is 18.1. The Labute approximate surface area is 502 Å². The minimum Gasteiger partial charge on any atom is -0.268 e. The van der Waals surface area contributed by atoms with Gasteiger partial charge in [0.05, 0.1) is 16.3 Å². The molecule has 8 rings (SSSR count). The molecule has 0 amide bonds. The Morgan fingerprint density at radius 1 is 0.280 bits per heavy atom. The van der Waals surface area contributed by atoms with E-state index in [9.17, 15) is 0 Å². The maximum atomic E-state index is 3.81. The van der Waals surface area contributed by atoms with Crippen molar-refractivity contribution < 1.29 is 0 Å². The van der Waals surface area contributed by atoms with Crippen molar-refractivity contribution in [3.63, 3.8) is 0 Å².